The summed E-state index contributed by atoms with van der Waals surface area (Å²) in [6, 6.07) is 9.44. The van der Waals surface area contributed by atoms with Crippen LogP contribution in [0.25, 0.3) is 0 Å². The van der Waals surface area contributed by atoms with Gasteiger partial charge in [0, 0.05) is 29.6 Å². The highest BCUT2D eigenvalue weighted by Gasteiger charge is 2.40. The molecule has 19 heavy (non-hydrogen) atoms. The zero-order valence-electron chi connectivity index (χ0n) is 12.0. The second-order valence-electron chi connectivity index (χ2n) is 6.02. The van der Waals surface area contributed by atoms with Crippen LogP contribution >= 0.6 is 11.8 Å². The Kier molecular flexibility index (Phi) is 3.77. The summed E-state index contributed by atoms with van der Waals surface area (Å²) < 4.78 is 0. The maximum absolute atomic E-state index is 3.83. The van der Waals surface area contributed by atoms with Gasteiger partial charge in [0.05, 0.1) is 5.69 Å². The zero-order valence-corrected chi connectivity index (χ0v) is 12.8. The summed E-state index contributed by atoms with van der Waals surface area (Å²) in [6.45, 7) is 4.63. The fraction of sp³-hybridized carbons (Fsp3) is 0.625. The van der Waals surface area contributed by atoms with Crippen LogP contribution in [0.15, 0.2) is 29.2 Å². The molecule has 1 unspecified atom stereocenters. The second-order valence-corrected chi connectivity index (χ2v) is 6.87. The SMILES string of the molecule is CSc1ccccc1N1CC2(CCCC2)NCC1C. The Balaban J connectivity index is 1.89. The summed E-state index contributed by atoms with van der Waals surface area (Å²) in [5, 5.41) is 3.83. The van der Waals surface area contributed by atoms with Crippen molar-refractivity contribution in [1.29, 1.82) is 0 Å². The number of anilines is 1. The van der Waals surface area contributed by atoms with Gasteiger partial charge in [-0.15, -0.1) is 11.8 Å². The zero-order chi connectivity index (χ0) is 13.3. The van der Waals surface area contributed by atoms with E-state index in [1.165, 1.54) is 42.8 Å². The number of nitrogens with one attached hydrogen (secondary N) is 1. The number of thioether (sulfide) groups is 1. The van der Waals surface area contributed by atoms with E-state index in [0.717, 1.165) is 6.54 Å². The summed E-state index contributed by atoms with van der Waals surface area (Å²) in [5.74, 6) is 0. The highest BCUT2D eigenvalue weighted by molar-refractivity contribution is 7.98. The topological polar surface area (TPSA) is 15.3 Å². The first-order valence-electron chi connectivity index (χ1n) is 7.39. The van der Waals surface area contributed by atoms with Crippen LogP contribution in [0.2, 0.25) is 0 Å². The van der Waals surface area contributed by atoms with Gasteiger partial charge >= 0.3 is 0 Å². The number of rotatable bonds is 2. The van der Waals surface area contributed by atoms with Gasteiger partial charge in [-0.1, -0.05) is 25.0 Å². The molecule has 3 rings (SSSR count). The van der Waals surface area contributed by atoms with E-state index in [0.29, 0.717) is 11.6 Å². The summed E-state index contributed by atoms with van der Waals surface area (Å²) in [6.07, 6.45) is 7.64. The normalized spacial score (nSPS) is 26.0. The summed E-state index contributed by atoms with van der Waals surface area (Å²) in [4.78, 5) is 4.04. The van der Waals surface area contributed by atoms with E-state index < -0.39 is 0 Å². The largest absolute Gasteiger partial charge is 0.365 e. The van der Waals surface area contributed by atoms with E-state index in [-0.39, 0.29) is 0 Å². The van der Waals surface area contributed by atoms with Gasteiger partial charge in [0.25, 0.3) is 0 Å². The molecule has 1 aromatic carbocycles. The van der Waals surface area contributed by atoms with Gasteiger partial charge in [-0.2, -0.15) is 0 Å². The van der Waals surface area contributed by atoms with Gasteiger partial charge in [-0.05, 0) is 38.2 Å². The molecule has 1 aromatic rings. The summed E-state index contributed by atoms with van der Waals surface area (Å²) >= 11 is 1.86. The number of para-hydroxylation sites is 1. The lowest BCUT2D eigenvalue weighted by atomic mass is 9.92. The fourth-order valence-electron chi connectivity index (χ4n) is 3.59. The Morgan fingerprint density at radius 3 is 2.74 bits per heavy atom. The van der Waals surface area contributed by atoms with Crippen molar-refractivity contribution in [2.45, 2.75) is 49.1 Å². The molecule has 1 heterocycles. The highest BCUT2D eigenvalue weighted by atomic mass is 32.2. The molecule has 0 aromatic heterocycles. The van der Waals surface area contributed by atoms with E-state index >= 15 is 0 Å². The van der Waals surface area contributed by atoms with Crippen molar-refractivity contribution in [3.8, 4) is 0 Å². The second kappa shape index (κ2) is 5.37. The fourth-order valence-corrected chi connectivity index (χ4v) is 4.20. The first-order chi connectivity index (χ1) is 9.24. The number of hydrogen-bond acceptors (Lipinski definition) is 3. The Bertz CT molecular complexity index is 440. The predicted molar refractivity (Wildman–Crippen MR) is 84.2 cm³/mol. The first kappa shape index (κ1) is 13.3. The Hall–Kier alpha value is -0.670. The van der Waals surface area contributed by atoms with Gasteiger partial charge in [-0.3, -0.25) is 0 Å². The molecular formula is C16H24N2S. The van der Waals surface area contributed by atoms with Crippen molar-refractivity contribution in [3.05, 3.63) is 24.3 Å². The molecule has 1 aliphatic carbocycles. The number of benzene rings is 1. The van der Waals surface area contributed by atoms with Crippen LogP contribution in [0.4, 0.5) is 5.69 Å². The van der Waals surface area contributed by atoms with Crippen LogP contribution in [-0.4, -0.2) is 30.9 Å². The lowest BCUT2D eigenvalue weighted by Gasteiger charge is -2.47. The molecule has 2 fully saturated rings. The van der Waals surface area contributed by atoms with Crippen LogP contribution in [0.3, 0.4) is 0 Å². The molecular weight excluding hydrogens is 252 g/mol. The lowest BCUT2D eigenvalue weighted by Crippen LogP contribution is -2.62. The molecule has 2 nitrogen and oxygen atoms in total. The molecule has 1 N–H and O–H groups in total. The molecule has 1 spiro atoms. The van der Waals surface area contributed by atoms with Crippen LogP contribution < -0.4 is 10.2 Å². The molecule has 1 saturated carbocycles. The molecule has 3 heteroatoms. The molecule has 2 aliphatic rings. The highest BCUT2D eigenvalue weighted by Crippen LogP contribution is 2.37. The molecule has 0 amide bonds. The number of piperazine rings is 1. The molecule has 1 saturated heterocycles. The van der Waals surface area contributed by atoms with Crippen LogP contribution in [0.1, 0.15) is 32.6 Å². The van der Waals surface area contributed by atoms with E-state index in [1.54, 1.807) is 0 Å². The third kappa shape index (κ3) is 2.50. The summed E-state index contributed by atoms with van der Waals surface area (Å²) in [5.41, 5.74) is 1.81. The molecule has 104 valence electrons. The van der Waals surface area contributed by atoms with E-state index in [2.05, 4.69) is 47.7 Å². The van der Waals surface area contributed by atoms with Gasteiger partial charge in [0.15, 0.2) is 0 Å². The van der Waals surface area contributed by atoms with Gasteiger partial charge in [-0.25, -0.2) is 0 Å². The smallest absolute Gasteiger partial charge is 0.0507 e. The third-order valence-electron chi connectivity index (χ3n) is 4.73. The van der Waals surface area contributed by atoms with Gasteiger partial charge in [0.1, 0.15) is 0 Å². The van der Waals surface area contributed by atoms with E-state index in [1.807, 2.05) is 11.8 Å². The quantitative estimate of drug-likeness (QED) is 0.832. The van der Waals surface area contributed by atoms with E-state index in [4.69, 9.17) is 0 Å². The van der Waals surface area contributed by atoms with Crippen LogP contribution in [-0.2, 0) is 0 Å². The predicted octanol–water partition coefficient (Wildman–Crippen LogP) is 3.52. The minimum atomic E-state index is 0.387. The Morgan fingerprint density at radius 1 is 1.26 bits per heavy atom. The van der Waals surface area contributed by atoms with Gasteiger partial charge in [0.2, 0.25) is 0 Å². The first-order valence-corrected chi connectivity index (χ1v) is 8.61. The Morgan fingerprint density at radius 2 is 2.00 bits per heavy atom. The summed E-state index contributed by atoms with van der Waals surface area (Å²) in [7, 11) is 0. The van der Waals surface area contributed by atoms with Crippen molar-refractivity contribution in [3.63, 3.8) is 0 Å². The molecule has 0 bridgehead atoms. The molecule has 0 radical (unpaired) electrons. The van der Waals surface area contributed by atoms with Crippen LogP contribution in [0, 0.1) is 0 Å². The lowest BCUT2D eigenvalue weighted by molar-refractivity contribution is 0.276. The number of nitrogens with zero attached hydrogens (tertiary/aromatic N) is 1. The molecule has 1 aliphatic heterocycles. The monoisotopic (exact) mass is 276 g/mol. The standard InChI is InChI=1S/C16H24N2S/c1-13-11-17-16(9-5-6-10-16)12-18(13)14-7-3-4-8-15(14)19-2/h3-4,7-8,13,17H,5-6,9-12H2,1-2H3. The van der Waals surface area contributed by atoms with Crippen molar-refractivity contribution in [2.24, 2.45) is 0 Å². The Labute approximate surface area is 121 Å². The van der Waals surface area contributed by atoms with Gasteiger partial charge < -0.3 is 10.2 Å². The average molecular weight is 276 g/mol. The van der Waals surface area contributed by atoms with Crippen molar-refractivity contribution in [1.82, 2.24) is 5.32 Å². The maximum Gasteiger partial charge on any atom is 0.0507 e. The average Bonchev–Trinajstić information content (AvgIpc) is 2.90. The third-order valence-corrected chi connectivity index (χ3v) is 5.52. The van der Waals surface area contributed by atoms with Crippen molar-refractivity contribution < 1.29 is 0 Å². The van der Waals surface area contributed by atoms with Crippen LogP contribution in [0.5, 0.6) is 0 Å². The minimum Gasteiger partial charge on any atom is -0.365 e. The molecule has 1 atom stereocenters. The van der Waals surface area contributed by atoms with Crippen molar-refractivity contribution in [2.75, 3.05) is 24.2 Å². The number of hydrogen-bond donors (Lipinski definition) is 1. The van der Waals surface area contributed by atoms with E-state index in [9.17, 15) is 0 Å². The maximum atomic E-state index is 3.83. The van der Waals surface area contributed by atoms with Crippen molar-refractivity contribution >= 4 is 17.4 Å². The minimum absolute atomic E-state index is 0.387.